The number of H-pyrrole nitrogens is 1. The summed E-state index contributed by atoms with van der Waals surface area (Å²) in [6.07, 6.45) is 0. The fourth-order valence-electron chi connectivity index (χ4n) is 2.96. The van der Waals surface area contributed by atoms with E-state index in [4.69, 9.17) is 4.42 Å². The van der Waals surface area contributed by atoms with Crippen molar-refractivity contribution >= 4 is 28.4 Å². The number of aromatic amines is 1. The molecule has 1 atom stereocenters. The quantitative estimate of drug-likeness (QED) is 0.261. The molecular formula is C22H19N5O2S. The Labute approximate surface area is 177 Å². The molecule has 30 heavy (non-hydrogen) atoms. The molecule has 0 amide bonds. The average molecular weight is 417 g/mol. The first-order valence-electron chi connectivity index (χ1n) is 9.32. The van der Waals surface area contributed by atoms with Gasteiger partial charge >= 0.3 is 0 Å². The van der Waals surface area contributed by atoms with Gasteiger partial charge in [0.2, 0.25) is 5.89 Å². The summed E-state index contributed by atoms with van der Waals surface area (Å²) in [7, 11) is 0. The SMILES string of the molecule is Cc1ccc(-c2nnc(SC(C)/C(O)=C(\C#N)c3nc4ccccc4[nH]3)o2)cc1C. The van der Waals surface area contributed by atoms with Crippen LogP contribution in [0.15, 0.2) is 57.9 Å². The van der Waals surface area contributed by atoms with Gasteiger partial charge in [0, 0.05) is 5.56 Å². The summed E-state index contributed by atoms with van der Waals surface area (Å²) in [4.78, 5) is 7.47. The van der Waals surface area contributed by atoms with Gasteiger partial charge in [0.05, 0.1) is 16.3 Å². The maximum Gasteiger partial charge on any atom is 0.277 e. The number of hydrogen-bond donors (Lipinski definition) is 2. The van der Waals surface area contributed by atoms with Crippen LogP contribution in [0.4, 0.5) is 0 Å². The molecule has 0 spiro atoms. The number of para-hydroxylation sites is 2. The normalized spacial score (nSPS) is 13.1. The van der Waals surface area contributed by atoms with E-state index in [-0.39, 0.29) is 11.3 Å². The smallest absolute Gasteiger partial charge is 0.277 e. The Morgan fingerprint density at radius 1 is 1.17 bits per heavy atom. The van der Waals surface area contributed by atoms with Crippen molar-refractivity contribution in [2.24, 2.45) is 0 Å². The summed E-state index contributed by atoms with van der Waals surface area (Å²) in [5.74, 6) is 0.631. The molecule has 4 aromatic rings. The number of thioether (sulfide) groups is 1. The van der Waals surface area contributed by atoms with Crippen LogP contribution in [0, 0.1) is 25.2 Å². The minimum absolute atomic E-state index is 0.0834. The number of rotatable bonds is 5. The van der Waals surface area contributed by atoms with Gasteiger partial charge in [0.1, 0.15) is 17.4 Å². The Morgan fingerprint density at radius 2 is 1.97 bits per heavy atom. The molecule has 0 aliphatic heterocycles. The topological polar surface area (TPSA) is 112 Å². The van der Waals surface area contributed by atoms with Gasteiger partial charge in [-0.1, -0.05) is 30.0 Å². The van der Waals surface area contributed by atoms with Gasteiger partial charge in [0.15, 0.2) is 5.82 Å². The first kappa shape index (κ1) is 19.7. The monoisotopic (exact) mass is 417 g/mol. The molecule has 8 heteroatoms. The third kappa shape index (κ3) is 3.80. The summed E-state index contributed by atoms with van der Waals surface area (Å²) >= 11 is 1.18. The lowest BCUT2D eigenvalue weighted by molar-refractivity contribution is 0.399. The van der Waals surface area contributed by atoms with Crippen LogP contribution < -0.4 is 0 Å². The number of allylic oxidation sites excluding steroid dienone is 1. The fraction of sp³-hybridized carbons (Fsp3) is 0.182. The largest absolute Gasteiger partial charge is 0.510 e. The van der Waals surface area contributed by atoms with Gasteiger partial charge < -0.3 is 14.5 Å². The van der Waals surface area contributed by atoms with Crippen molar-refractivity contribution in [1.82, 2.24) is 20.2 Å². The Morgan fingerprint density at radius 3 is 2.70 bits per heavy atom. The molecule has 0 bridgehead atoms. The lowest BCUT2D eigenvalue weighted by Crippen LogP contribution is -2.04. The zero-order valence-electron chi connectivity index (χ0n) is 16.7. The molecule has 0 fully saturated rings. The zero-order valence-corrected chi connectivity index (χ0v) is 17.5. The van der Waals surface area contributed by atoms with E-state index in [1.54, 1.807) is 6.92 Å². The average Bonchev–Trinajstić information content (AvgIpc) is 3.37. The summed E-state index contributed by atoms with van der Waals surface area (Å²) in [5.41, 5.74) is 4.76. The molecule has 2 aromatic carbocycles. The Bertz CT molecular complexity index is 1270. The van der Waals surface area contributed by atoms with Crippen molar-refractivity contribution in [1.29, 1.82) is 5.26 Å². The number of nitrogens with zero attached hydrogens (tertiary/aromatic N) is 4. The number of nitriles is 1. The van der Waals surface area contributed by atoms with Gasteiger partial charge in [-0.15, -0.1) is 10.2 Å². The highest BCUT2D eigenvalue weighted by Gasteiger charge is 2.21. The van der Waals surface area contributed by atoms with Crippen LogP contribution in [0.1, 0.15) is 23.9 Å². The molecular weight excluding hydrogens is 398 g/mol. The summed E-state index contributed by atoms with van der Waals surface area (Å²) in [6, 6.07) is 15.4. The second-order valence-electron chi connectivity index (χ2n) is 6.91. The highest BCUT2D eigenvalue weighted by Crippen LogP contribution is 2.31. The summed E-state index contributed by atoms with van der Waals surface area (Å²) in [5, 5.41) is 28.3. The van der Waals surface area contributed by atoms with Gasteiger partial charge in [-0.3, -0.25) is 0 Å². The minimum Gasteiger partial charge on any atom is -0.510 e. The number of aryl methyl sites for hydroxylation is 2. The predicted molar refractivity (Wildman–Crippen MR) is 116 cm³/mol. The zero-order chi connectivity index (χ0) is 21.3. The molecule has 4 rings (SSSR count). The fourth-order valence-corrected chi connectivity index (χ4v) is 3.71. The molecule has 0 saturated carbocycles. The van der Waals surface area contributed by atoms with Crippen LogP contribution in [-0.2, 0) is 0 Å². The predicted octanol–water partition coefficient (Wildman–Crippen LogP) is 5.20. The number of benzene rings is 2. The van der Waals surface area contributed by atoms with Crippen LogP contribution in [-0.4, -0.2) is 30.5 Å². The van der Waals surface area contributed by atoms with Crippen LogP contribution in [0.25, 0.3) is 28.1 Å². The van der Waals surface area contributed by atoms with E-state index in [0.717, 1.165) is 22.2 Å². The summed E-state index contributed by atoms with van der Waals surface area (Å²) < 4.78 is 5.75. The highest BCUT2D eigenvalue weighted by atomic mass is 32.2. The molecule has 0 saturated heterocycles. The van der Waals surface area contributed by atoms with Crippen molar-refractivity contribution < 1.29 is 9.52 Å². The second kappa shape index (κ2) is 8.05. The Balaban J connectivity index is 1.58. The molecule has 0 radical (unpaired) electrons. The van der Waals surface area contributed by atoms with Crippen molar-refractivity contribution in [3.05, 3.63) is 65.2 Å². The first-order chi connectivity index (χ1) is 14.5. The van der Waals surface area contributed by atoms with Crippen molar-refractivity contribution in [3.8, 4) is 17.5 Å². The van der Waals surface area contributed by atoms with Gasteiger partial charge in [-0.2, -0.15) is 5.26 Å². The van der Waals surface area contributed by atoms with Gasteiger partial charge in [-0.25, -0.2) is 4.98 Å². The molecule has 2 heterocycles. The van der Waals surface area contributed by atoms with Crippen LogP contribution in [0.5, 0.6) is 0 Å². The molecule has 0 aliphatic carbocycles. The Hall–Kier alpha value is -3.57. The molecule has 150 valence electrons. The van der Waals surface area contributed by atoms with Crippen LogP contribution in [0.3, 0.4) is 0 Å². The van der Waals surface area contributed by atoms with Crippen LogP contribution in [0.2, 0.25) is 0 Å². The molecule has 1 unspecified atom stereocenters. The number of aliphatic hydroxyl groups is 1. The van der Waals surface area contributed by atoms with E-state index >= 15 is 0 Å². The maximum atomic E-state index is 10.7. The summed E-state index contributed by atoms with van der Waals surface area (Å²) in [6.45, 7) is 5.83. The van der Waals surface area contributed by atoms with Crippen LogP contribution >= 0.6 is 11.8 Å². The molecule has 0 aliphatic rings. The van der Waals surface area contributed by atoms with E-state index in [2.05, 4.69) is 20.2 Å². The van der Waals surface area contributed by atoms with Crippen molar-refractivity contribution in [2.75, 3.05) is 0 Å². The molecule has 7 nitrogen and oxygen atoms in total. The number of nitrogens with one attached hydrogen (secondary N) is 1. The number of imidazole rings is 1. The second-order valence-corrected chi connectivity index (χ2v) is 8.20. The van der Waals surface area contributed by atoms with Gasteiger partial charge in [-0.05, 0) is 56.2 Å². The van der Waals surface area contributed by atoms with E-state index in [9.17, 15) is 10.4 Å². The van der Waals surface area contributed by atoms with Crippen molar-refractivity contribution in [2.45, 2.75) is 31.2 Å². The lowest BCUT2D eigenvalue weighted by Gasteiger charge is -2.09. The molecule has 2 N–H and O–H groups in total. The van der Waals surface area contributed by atoms with E-state index < -0.39 is 5.25 Å². The number of fused-ring (bicyclic) bond motifs is 1. The maximum absolute atomic E-state index is 10.7. The number of aliphatic hydroxyl groups excluding tert-OH is 1. The third-order valence-electron chi connectivity index (χ3n) is 4.82. The first-order valence-corrected chi connectivity index (χ1v) is 10.2. The number of hydrogen-bond acceptors (Lipinski definition) is 7. The van der Waals surface area contributed by atoms with E-state index in [0.29, 0.717) is 16.9 Å². The van der Waals surface area contributed by atoms with Crippen molar-refractivity contribution in [3.63, 3.8) is 0 Å². The standard InChI is InChI=1S/C22H19N5O2S/c1-12-8-9-15(10-13(12)2)21-26-27-22(29-21)30-14(3)19(28)16(11-23)20-24-17-6-4-5-7-18(17)25-20/h4-10,14,28H,1-3H3,(H,24,25)/b19-16-. The van der Waals surface area contributed by atoms with E-state index in [1.807, 2.05) is 62.4 Å². The Kier molecular flexibility index (Phi) is 5.29. The lowest BCUT2D eigenvalue weighted by atomic mass is 10.1. The van der Waals surface area contributed by atoms with E-state index in [1.165, 1.54) is 17.3 Å². The third-order valence-corrected chi connectivity index (χ3v) is 5.76. The highest BCUT2D eigenvalue weighted by molar-refractivity contribution is 7.99. The minimum atomic E-state index is -0.485. The number of aromatic nitrogens is 4. The van der Waals surface area contributed by atoms with Gasteiger partial charge in [0.25, 0.3) is 5.22 Å². The molecule has 2 aromatic heterocycles.